The van der Waals surface area contributed by atoms with Crippen molar-refractivity contribution in [2.45, 2.75) is 43.6 Å². The van der Waals surface area contributed by atoms with Crippen LogP contribution in [0, 0.1) is 0 Å². The maximum Gasteiger partial charge on any atom is 0.500 e. The van der Waals surface area contributed by atoms with Gasteiger partial charge in [-0.05, 0) is 0 Å². The van der Waals surface area contributed by atoms with Crippen molar-refractivity contribution < 1.29 is 26.6 Å². The van der Waals surface area contributed by atoms with E-state index in [9.17, 15) is 0 Å². The first-order valence-corrected chi connectivity index (χ1v) is 16.5. The zero-order valence-electron chi connectivity index (χ0n) is 18.6. The molecular weight excluding hydrogens is 408 g/mol. The molecule has 0 saturated carbocycles. The summed E-state index contributed by atoms with van der Waals surface area (Å²) in [6, 6.07) is 14.9. The predicted octanol–water partition coefficient (Wildman–Crippen LogP) is 3.51. The van der Waals surface area contributed by atoms with Crippen LogP contribution >= 0.6 is 0 Å². The molecule has 0 saturated heterocycles. The average molecular weight is 447 g/mol. The third kappa shape index (κ3) is 6.85. The number of hydrogen-bond acceptors (Lipinski definition) is 6. The van der Waals surface area contributed by atoms with Gasteiger partial charge in [-0.3, -0.25) is 0 Å². The highest BCUT2D eigenvalue weighted by Gasteiger charge is 2.40. The van der Waals surface area contributed by atoms with Crippen LogP contribution in [0.1, 0.15) is 12.8 Å². The second-order valence-electron chi connectivity index (χ2n) is 7.22. The SMILES string of the molecule is CO[Si](CCC[Si](C)(CCC[Si](OC)(OC)OC)c1ccccc1)(OC)OC. The van der Waals surface area contributed by atoms with Crippen LogP contribution in [0.15, 0.2) is 30.3 Å². The molecule has 0 aromatic heterocycles. The van der Waals surface area contributed by atoms with Gasteiger partial charge in [0.25, 0.3) is 0 Å². The zero-order valence-corrected chi connectivity index (χ0v) is 21.6. The Kier molecular flexibility index (Phi) is 11.3. The molecule has 0 atom stereocenters. The number of rotatable bonds is 15. The quantitative estimate of drug-likeness (QED) is 0.384. The average Bonchev–Trinajstić information content (AvgIpc) is 2.76. The highest BCUT2D eigenvalue weighted by atomic mass is 28.4. The fraction of sp³-hybridized carbons (Fsp3) is 0.684. The summed E-state index contributed by atoms with van der Waals surface area (Å²) in [4.78, 5) is 0. The maximum absolute atomic E-state index is 5.59. The summed E-state index contributed by atoms with van der Waals surface area (Å²) in [5, 5.41) is 1.48. The molecule has 1 aromatic rings. The van der Waals surface area contributed by atoms with E-state index in [-0.39, 0.29) is 0 Å². The Hall–Kier alpha value is -0.369. The summed E-state index contributed by atoms with van der Waals surface area (Å²) in [5.74, 6) is 0. The lowest BCUT2D eigenvalue weighted by molar-refractivity contribution is 0.123. The first kappa shape index (κ1) is 25.7. The van der Waals surface area contributed by atoms with Gasteiger partial charge in [0, 0.05) is 54.7 Å². The molecule has 0 amide bonds. The lowest BCUT2D eigenvalue weighted by atomic mass is 10.4. The zero-order chi connectivity index (χ0) is 21.1. The molecular formula is C19H38O6Si3. The normalized spacial score (nSPS) is 13.1. The summed E-state index contributed by atoms with van der Waals surface area (Å²) in [7, 11) is 3.32. The molecule has 1 aromatic carbocycles. The fourth-order valence-corrected chi connectivity index (χ4v) is 11.6. The number of hydrogen-bond donors (Lipinski definition) is 0. The van der Waals surface area contributed by atoms with E-state index in [2.05, 4.69) is 36.9 Å². The lowest BCUT2D eigenvalue weighted by Gasteiger charge is -2.31. The third-order valence-electron chi connectivity index (χ3n) is 5.76. The molecule has 0 spiro atoms. The molecule has 28 heavy (non-hydrogen) atoms. The Bertz CT molecular complexity index is 495. The molecule has 0 radical (unpaired) electrons. The van der Waals surface area contributed by atoms with Gasteiger partial charge in [-0.1, -0.05) is 67.0 Å². The second-order valence-corrected chi connectivity index (χ2v) is 18.1. The van der Waals surface area contributed by atoms with Crippen LogP contribution in [-0.2, 0) is 26.6 Å². The minimum absolute atomic E-state index is 0.832. The van der Waals surface area contributed by atoms with Crippen molar-refractivity contribution in [1.29, 1.82) is 0 Å². The summed E-state index contributed by atoms with van der Waals surface area (Å²) < 4.78 is 33.6. The molecule has 1 rings (SSSR count). The van der Waals surface area contributed by atoms with E-state index in [0.717, 1.165) is 37.0 Å². The van der Waals surface area contributed by atoms with Gasteiger partial charge in [0.15, 0.2) is 0 Å². The summed E-state index contributed by atoms with van der Waals surface area (Å²) in [6.45, 7) is 2.47. The molecule has 9 heteroatoms. The Labute approximate surface area is 174 Å². The smallest absolute Gasteiger partial charge is 0.377 e. The Balaban J connectivity index is 2.84. The van der Waals surface area contributed by atoms with Crippen LogP contribution in [0.2, 0.25) is 30.7 Å². The molecule has 0 N–H and O–H groups in total. The number of benzene rings is 1. The van der Waals surface area contributed by atoms with Crippen molar-refractivity contribution in [2.75, 3.05) is 42.7 Å². The molecule has 0 fully saturated rings. The lowest BCUT2D eigenvalue weighted by Crippen LogP contribution is -2.47. The van der Waals surface area contributed by atoms with Crippen molar-refractivity contribution in [3.8, 4) is 0 Å². The Morgan fingerprint density at radius 2 is 0.929 bits per heavy atom. The monoisotopic (exact) mass is 446 g/mol. The second kappa shape index (κ2) is 12.4. The van der Waals surface area contributed by atoms with Crippen molar-refractivity contribution in [1.82, 2.24) is 0 Å². The van der Waals surface area contributed by atoms with Gasteiger partial charge in [0.1, 0.15) is 0 Å². The van der Waals surface area contributed by atoms with Gasteiger partial charge in [-0.2, -0.15) is 0 Å². The van der Waals surface area contributed by atoms with Crippen molar-refractivity contribution in [3.05, 3.63) is 30.3 Å². The minimum Gasteiger partial charge on any atom is -0.377 e. The van der Waals surface area contributed by atoms with Crippen molar-refractivity contribution in [3.63, 3.8) is 0 Å². The fourth-order valence-electron chi connectivity index (χ4n) is 3.76. The third-order valence-corrected chi connectivity index (χ3v) is 16.1. The van der Waals surface area contributed by atoms with Crippen LogP contribution in [0.5, 0.6) is 0 Å². The molecule has 0 bridgehead atoms. The first-order chi connectivity index (χ1) is 13.4. The largest absolute Gasteiger partial charge is 0.500 e. The Morgan fingerprint density at radius 3 is 1.25 bits per heavy atom. The molecule has 0 aliphatic carbocycles. The van der Waals surface area contributed by atoms with Crippen molar-refractivity contribution in [2.24, 2.45) is 0 Å². The van der Waals surface area contributed by atoms with Crippen LogP contribution in [-0.4, -0.2) is 68.3 Å². The van der Waals surface area contributed by atoms with Gasteiger partial charge in [-0.25, -0.2) is 0 Å². The molecule has 0 heterocycles. The molecule has 0 aliphatic rings. The molecule has 0 aliphatic heterocycles. The van der Waals surface area contributed by atoms with Crippen molar-refractivity contribution >= 4 is 30.9 Å². The predicted molar refractivity (Wildman–Crippen MR) is 120 cm³/mol. The van der Waals surface area contributed by atoms with Gasteiger partial charge in [0.2, 0.25) is 0 Å². The van der Waals surface area contributed by atoms with E-state index in [4.69, 9.17) is 26.6 Å². The van der Waals surface area contributed by atoms with E-state index in [1.807, 2.05) is 0 Å². The van der Waals surface area contributed by atoms with Gasteiger partial charge in [-0.15, -0.1) is 0 Å². The van der Waals surface area contributed by atoms with Crippen LogP contribution in [0.25, 0.3) is 0 Å². The van der Waals surface area contributed by atoms with E-state index in [0.29, 0.717) is 0 Å². The summed E-state index contributed by atoms with van der Waals surface area (Å²) in [5.41, 5.74) is 0. The standard InChI is InChI=1S/C19H38O6Si3/c1-20-27(21-2,22-3)17-11-15-26(7,19-13-9-8-10-14-19)16-12-18-28(23-4,24-5)25-6/h8-10,13-14H,11-12,15-18H2,1-7H3. The topological polar surface area (TPSA) is 55.4 Å². The molecule has 6 nitrogen and oxygen atoms in total. The highest BCUT2D eigenvalue weighted by molar-refractivity contribution is 6.91. The van der Waals surface area contributed by atoms with Gasteiger partial charge in [0.05, 0.1) is 8.07 Å². The molecule has 162 valence electrons. The van der Waals surface area contributed by atoms with E-state index >= 15 is 0 Å². The van der Waals surface area contributed by atoms with Crippen LogP contribution < -0.4 is 5.19 Å². The van der Waals surface area contributed by atoms with E-state index in [1.165, 1.54) is 5.19 Å². The minimum atomic E-state index is -2.53. The maximum atomic E-state index is 5.59. The first-order valence-electron chi connectivity index (χ1n) is 9.75. The van der Waals surface area contributed by atoms with E-state index < -0.39 is 25.7 Å². The summed E-state index contributed by atoms with van der Waals surface area (Å²) in [6.07, 6.45) is 2.06. The van der Waals surface area contributed by atoms with Crippen LogP contribution in [0.4, 0.5) is 0 Å². The van der Waals surface area contributed by atoms with E-state index in [1.54, 1.807) is 42.7 Å². The highest BCUT2D eigenvalue weighted by Crippen LogP contribution is 2.27. The van der Waals surface area contributed by atoms with Crippen LogP contribution in [0.3, 0.4) is 0 Å². The summed E-state index contributed by atoms with van der Waals surface area (Å²) >= 11 is 0. The van der Waals surface area contributed by atoms with Gasteiger partial charge < -0.3 is 26.6 Å². The van der Waals surface area contributed by atoms with Gasteiger partial charge >= 0.3 is 17.6 Å². The Morgan fingerprint density at radius 1 is 0.571 bits per heavy atom. The molecule has 0 unspecified atom stereocenters.